The molecule has 106 valence electrons. The van der Waals surface area contributed by atoms with E-state index in [1.54, 1.807) is 12.1 Å². The van der Waals surface area contributed by atoms with E-state index >= 15 is 0 Å². The molecule has 2 aromatic rings. The van der Waals surface area contributed by atoms with Crippen LogP contribution in [-0.4, -0.2) is 11.7 Å². The second-order valence-electron chi connectivity index (χ2n) is 4.85. The monoisotopic (exact) mass is 273 g/mol. The molecule has 0 aliphatic rings. The fourth-order valence-corrected chi connectivity index (χ4v) is 2.27. The SMILES string of the molecule is CCC(NCC(O)c1cccc(F)c1)c1ccccc1. The summed E-state index contributed by atoms with van der Waals surface area (Å²) in [5.74, 6) is -0.323. The zero-order valence-corrected chi connectivity index (χ0v) is 11.6. The van der Waals surface area contributed by atoms with Crippen LogP contribution in [0.5, 0.6) is 0 Å². The predicted molar refractivity (Wildman–Crippen MR) is 78.8 cm³/mol. The third kappa shape index (κ3) is 3.89. The molecule has 3 heteroatoms. The molecule has 0 saturated carbocycles. The van der Waals surface area contributed by atoms with Gasteiger partial charge in [0, 0.05) is 12.6 Å². The summed E-state index contributed by atoms with van der Waals surface area (Å²) in [4.78, 5) is 0. The van der Waals surface area contributed by atoms with Crippen LogP contribution >= 0.6 is 0 Å². The first-order valence-corrected chi connectivity index (χ1v) is 6.92. The molecule has 0 spiro atoms. The highest BCUT2D eigenvalue weighted by Gasteiger charge is 2.12. The van der Waals surface area contributed by atoms with Gasteiger partial charge in [-0.3, -0.25) is 0 Å². The van der Waals surface area contributed by atoms with E-state index in [0.29, 0.717) is 12.1 Å². The van der Waals surface area contributed by atoms with Gasteiger partial charge in [-0.2, -0.15) is 0 Å². The van der Waals surface area contributed by atoms with Crippen LogP contribution in [-0.2, 0) is 0 Å². The molecule has 2 nitrogen and oxygen atoms in total. The second kappa shape index (κ2) is 7.17. The highest BCUT2D eigenvalue weighted by atomic mass is 19.1. The highest BCUT2D eigenvalue weighted by molar-refractivity contribution is 5.20. The van der Waals surface area contributed by atoms with Crippen LogP contribution in [0.25, 0.3) is 0 Å². The van der Waals surface area contributed by atoms with E-state index in [4.69, 9.17) is 0 Å². The van der Waals surface area contributed by atoms with Crippen LogP contribution in [0.15, 0.2) is 54.6 Å². The van der Waals surface area contributed by atoms with Gasteiger partial charge in [-0.1, -0.05) is 49.4 Å². The Morgan fingerprint density at radius 3 is 2.40 bits per heavy atom. The number of nitrogens with one attached hydrogen (secondary N) is 1. The van der Waals surface area contributed by atoms with Crippen molar-refractivity contribution in [1.82, 2.24) is 5.32 Å². The normalized spacial score (nSPS) is 13.9. The molecule has 0 saturated heterocycles. The van der Waals surface area contributed by atoms with Crippen molar-refractivity contribution < 1.29 is 9.50 Å². The summed E-state index contributed by atoms with van der Waals surface area (Å²) in [5, 5.41) is 13.4. The molecule has 2 aromatic carbocycles. The third-order valence-corrected chi connectivity index (χ3v) is 3.40. The van der Waals surface area contributed by atoms with Crippen LogP contribution < -0.4 is 5.32 Å². The smallest absolute Gasteiger partial charge is 0.123 e. The maximum absolute atomic E-state index is 13.1. The standard InChI is InChI=1S/C17H20FNO/c1-2-16(13-7-4-3-5-8-13)19-12-17(20)14-9-6-10-15(18)11-14/h3-11,16-17,19-20H,2,12H2,1H3. The molecule has 0 fully saturated rings. The van der Waals surface area contributed by atoms with Crippen molar-refractivity contribution in [2.24, 2.45) is 0 Å². The van der Waals surface area contributed by atoms with Crippen molar-refractivity contribution in [2.75, 3.05) is 6.54 Å². The average Bonchev–Trinajstić information content (AvgIpc) is 2.49. The highest BCUT2D eigenvalue weighted by Crippen LogP contribution is 2.18. The first-order valence-electron chi connectivity index (χ1n) is 6.92. The molecule has 2 atom stereocenters. The molecule has 0 heterocycles. The molecule has 0 radical (unpaired) electrons. The third-order valence-electron chi connectivity index (χ3n) is 3.40. The van der Waals surface area contributed by atoms with E-state index in [1.807, 2.05) is 18.2 Å². The van der Waals surface area contributed by atoms with E-state index < -0.39 is 6.10 Å². The Morgan fingerprint density at radius 1 is 1.05 bits per heavy atom. The Morgan fingerprint density at radius 2 is 1.75 bits per heavy atom. The lowest BCUT2D eigenvalue weighted by Crippen LogP contribution is -2.26. The zero-order chi connectivity index (χ0) is 14.4. The molecule has 2 unspecified atom stereocenters. The minimum absolute atomic E-state index is 0.194. The van der Waals surface area contributed by atoms with Gasteiger partial charge in [0.15, 0.2) is 0 Å². The number of hydrogen-bond donors (Lipinski definition) is 2. The van der Waals surface area contributed by atoms with Gasteiger partial charge in [-0.15, -0.1) is 0 Å². The van der Waals surface area contributed by atoms with Crippen LogP contribution in [0, 0.1) is 5.82 Å². The lowest BCUT2D eigenvalue weighted by atomic mass is 10.0. The van der Waals surface area contributed by atoms with Gasteiger partial charge in [0.2, 0.25) is 0 Å². The molecule has 2 N–H and O–H groups in total. The number of halogens is 1. The maximum atomic E-state index is 13.1. The Kier molecular flexibility index (Phi) is 5.27. The number of rotatable bonds is 6. The van der Waals surface area contributed by atoms with E-state index in [2.05, 4.69) is 24.4 Å². The fraction of sp³-hybridized carbons (Fsp3) is 0.294. The topological polar surface area (TPSA) is 32.3 Å². The molecule has 0 aromatic heterocycles. The summed E-state index contributed by atoms with van der Waals surface area (Å²) >= 11 is 0. The number of aliphatic hydroxyl groups is 1. The van der Waals surface area contributed by atoms with Gasteiger partial charge < -0.3 is 10.4 Å². The molecule has 0 aliphatic carbocycles. The zero-order valence-electron chi connectivity index (χ0n) is 11.6. The maximum Gasteiger partial charge on any atom is 0.123 e. The fourth-order valence-electron chi connectivity index (χ4n) is 2.27. The van der Waals surface area contributed by atoms with E-state index in [0.717, 1.165) is 6.42 Å². The van der Waals surface area contributed by atoms with Crippen molar-refractivity contribution in [3.8, 4) is 0 Å². The Labute approximate surface area is 119 Å². The first kappa shape index (κ1) is 14.7. The number of benzene rings is 2. The van der Waals surface area contributed by atoms with E-state index in [-0.39, 0.29) is 11.9 Å². The average molecular weight is 273 g/mol. The van der Waals surface area contributed by atoms with Crippen molar-refractivity contribution in [2.45, 2.75) is 25.5 Å². The molecule has 2 rings (SSSR count). The van der Waals surface area contributed by atoms with Crippen molar-refractivity contribution in [3.05, 3.63) is 71.5 Å². The predicted octanol–water partition coefficient (Wildman–Crippen LogP) is 3.60. The molecule has 20 heavy (non-hydrogen) atoms. The summed E-state index contributed by atoms with van der Waals surface area (Å²) < 4.78 is 13.1. The summed E-state index contributed by atoms with van der Waals surface area (Å²) in [5.41, 5.74) is 1.79. The summed E-state index contributed by atoms with van der Waals surface area (Å²) in [6, 6.07) is 16.4. The molecule has 0 aliphatic heterocycles. The quantitative estimate of drug-likeness (QED) is 0.843. The first-order chi connectivity index (χ1) is 9.70. The van der Waals surface area contributed by atoms with Crippen LogP contribution in [0.4, 0.5) is 4.39 Å². The summed E-state index contributed by atoms with van der Waals surface area (Å²) in [6.45, 7) is 2.50. The number of aliphatic hydroxyl groups excluding tert-OH is 1. The molecular weight excluding hydrogens is 253 g/mol. The van der Waals surface area contributed by atoms with Crippen LogP contribution in [0.2, 0.25) is 0 Å². The lowest BCUT2D eigenvalue weighted by Gasteiger charge is -2.20. The van der Waals surface area contributed by atoms with Crippen molar-refractivity contribution in [1.29, 1.82) is 0 Å². The van der Waals surface area contributed by atoms with Crippen molar-refractivity contribution >= 4 is 0 Å². The molecular formula is C17H20FNO. The van der Waals surface area contributed by atoms with Gasteiger partial charge >= 0.3 is 0 Å². The van der Waals surface area contributed by atoms with Crippen LogP contribution in [0.1, 0.15) is 36.6 Å². The van der Waals surface area contributed by atoms with Crippen LogP contribution in [0.3, 0.4) is 0 Å². The minimum atomic E-state index is -0.705. The minimum Gasteiger partial charge on any atom is -0.387 e. The Bertz CT molecular complexity index is 530. The Hall–Kier alpha value is -1.71. The molecule has 0 amide bonds. The Balaban J connectivity index is 1.96. The second-order valence-corrected chi connectivity index (χ2v) is 4.85. The summed E-state index contributed by atoms with van der Waals surface area (Å²) in [6.07, 6.45) is 0.225. The lowest BCUT2D eigenvalue weighted by molar-refractivity contribution is 0.169. The molecule has 0 bridgehead atoms. The van der Waals surface area contributed by atoms with Gasteiger partial charge in [-0.25, -0.2) is 4.39 Å². The van der Waals surface area contributed by atoms with Gasteiger partial charge in [0.05, 0.1) is 6.10 Å². The summed E-state index contributed by atoms with van der Waals surface area (Å²) in [7, 11) is 0. The largest absolute Gasteiger partial charge is 0.387 e. The van der Waals surface area contributed by atoms with E-state index in [9.17, 15) is 9.50 Å². The van der Waals surface area contributed by atoms with Gasteiger partial charge in [0.25, 0.3) is 0 Å². The van der Waals surface area contributed by atoms with Gasteiger partial charge in [0.1, 0.15) is 5.82 Å². The van der Waals surface area contributed by atoms with E-state index in [1.165, 1.54) is 17.7 Å². The van der Waals surface area contributed by atoms with Crippen molar-refractivity contribution in [3.63, 3.8) is 0 Å². The van der Waals surface area contributed by atoms with Gasteiger partial charge in [-0.05, 0) is 29.7 Å². The number of hydrogen-bond acceptors (Lipinski definition) is 2.